The van der Waals surface area contributed by atoms with Crippen LogP contribution in [0.3, 0.4) is 0 Å². The van der Waals surface area contributed by atoms with Gasteiger partial charge in [-0.2, -0.15) is 0 Å². The summed E-state index contributed by atoms with van der Waals surface area (Å²) in [6.07, 6.45) is 0.941. The molecule has 0 unspecified atom stereocenters. The smallest absolute Gasteiger partial charge is 0.252 e. The Morgan fingerprint density at radius 1 is 1.21 bits per heavy atom. The minimum atomic E-state index is -0.155. The molecule has 1 N–H and O–H groups in total. The topological polar surface area (TPSA) is 42.1 Å². The van der Waals surface area contributed by atoms with Crippen LogP contribution in [0.5, 0.6) is 5.75 Å². The van der Waals surface area contributed by atoms with E-state index < -0.39 is 0 Å². The van der Waals surface area contributed by atoms with Crippen LogP contribution in [0.4, 0.5) is 0 Å². The molecule has 4 heteroatoms. The number of hydrogen-bond acceptors (Lipinski definition) is 2. The van der Waals surface area contributed by atoms with Gasteiger partial charge in [0.15, 0.2) is 0 Å². The molecule has 3 nitrogen and oxygen atoms in total. The highest BCUT2D eigenvalue weighted by molar-refractivity contribution is 6.17. The van der Waals surface area contributed by atoms with E-state index in [2.05, 4.69) is 11.9 Å². The Balaban J connectivity index is 2.41. The van der Waals surface area contributed by atoms with Crippen LogP contribution >= 0.6 is 11.6 Å². The second-order valence-corrected chi connectivity index (χ2v) is 4.47. The quantitative estimate of drug-likeness (QED) is 0.849. The molecule has 1 aromatic carbocycles. The predicted octanol–water partition coefficient (Wildman–Crippen LogP) is 3.57. The van der Waals surface area contributed by atoms with Gasteiger partial charge < -0.3 is 9.72 Å². The number of benzene rings is 1. The molecule has 1 aromatic heterocycles. The maximum atomic E-state index is 11.8. The van der Waals surface area contributed by atoms with Gasteiger partial charge in [-0.1, -0.05) is 25.1 Å². The lowest BCUT2D eigenvalue weighted by Crippen LogP contribution is -2.11. The number of aromatic amines is 1. The molecule has 0 atom stereocenters. The molecular weight excluding hydrogens is 262 g/mol. The van der Waals surface area contributed by atoms with E-state index in [-0.39, 0.29) is 11.4 Å². The van der Waals surface area contributed by atoms with Crippen molar-refractivity contribution in [2.24, 2.45) is 0 Å². The molecule has 2 rings (SSSR count). The summed E-state index contributed by atoms with van der Waals surface area (Å²) < 4.78 is 5.69. The van der Waals surface area contributed by atoms with Gasteiger partial charge in [-0.3, -0.25) is 4.79 Å². The van der Waals surface area contributed by atoms with E-state index in [0.717, 1.165) is 23.4 Å². The van der Waals surface area contributed by atoms with Gasteiger partial charge in [-0.25, -0.2) is 0 Å². The third kappa shape index (κ3) is 3.18. The Labute approximate surface area is 117 Å². The van der Waals surface area contributed by atoms with Crippen LogP contribution < -0.4 is 10.3 Å². The highest BCUT2D eigenvalue weighted by Crippen LogP contribution is 2.27. The lowest BCUT2D eigenvalue weighted by atomic mass is 10.1. The molecular formula is C15H16ClNO2. The normalized spacial score (nSPS) is 10.4. The number of nitrogens with one attached hydrogen (secondary N) is 1. The first-order valence-corrected chi connectivity index (χ1v) is 6.80. The Kier molecular flexibility index (Phi) is 4.63. The second kappa shape index (κ2) is 6.43. The van der Waals surface area contributed by atoms with Gasteiger partial charge in [0.25, 0.3) is 5.56 Å². The summed E-state index contributed by atoms with van der Waals surface area (Å²) >= 11 is 5.69. The van der Waals surface area contributed by atoms with Crippen molar-refractivity contribution < 1.29 is 4.74 Å². The van der Waals surface area contributed by atoms with Gasteiger partial charge in [-0.05, 0) is 24.6 Å². The lowest BCUT2D eigenvalue weighted by molar-refractivity contribution is 0.318. The maximum Gasteiger partial charge on any atom is 0.252 e. The summed E-state index contributed by atoms with van der Waals surface area (Å²) in [6, 6.07) is 11.3. The highest BCUT2D eigenvalue weighted by atomic mass is 35.5. The van der Waals surface area contributed by atoms with E-state index in [0.29, 0.717) is 12.2 Å². The minimum absolute atomic E-state index is 0.155. The summed E-state index contributed by atoms with van der Waals surface area (Å²) in [6.45, 7) is 2.71. The molecule has 0 aliphatic heterocycles. The molecule has 0 spiro atoms. The summed E-state index contributed by atoms with van der Waals surface area (Å²) in [5, 5.41) is 0. The fraction of sp³-hybridized carbons (Fsp3) is 0.267. The van der Waals surface area contributed by atoms with Gasteiger partial charge in [-0.15, -0.1) is 11.6 Å². The summed E-state index contributed by atoms with van der Waals surface area (Å²) in [7, 11) is 0. The van der Waals surface area contributed by atoms with Crippen molar-refractivity contribution in [2.75, 3.05) is 6.61 Å². The van der Waals surface area contributed by atoms with Crippen molar-refractivity contribution in [2.45, 2.75) is 19.2 Å². The van der Waals surface area contributed by atoms with Crippen molar-refractivity contribution in [1.82, 2.24) is 4.98 Å². The van der Waals surface area contributed by atoms with Crippen LogP contribution in [0.25, 0.3) is 11.3 Å². The van der Waals surface area contributed by atoms with E-state index in [1.807, 2.05) is 30.3 Å². The van der Waals surface area contributed by atoms with E-state index >= 15 is 0 Å². The van der Waals surface area contributed by atoms with Gasteiger partial charge in [0.2, 0.25) is 0 Å². The third-order valence-electron chi connectivity index (χ3n) is 2.77. The molecule has 0 aliphatic rings. The van der Waals surface area contributed by atoms with Crippen molar-refractivity contribution >= 4 is 11.6 Å². The van der Waals surface area contributed by atoms with Crippen LogP contribution in [0.1, 0.15) is 18.9 Å². The summed E-state index contributed by atoms with van der Waals surface area (Å²) in [5.41, 5.74) is 2.04. The largest absolute Gasteiger partial charge is 0.493 e. The first-order valence-electron chi connectivity index (χ1n) is 6.26. The molecule has 0 amide bonds. The Morgan fingerprint density at radius 2 is 2.00 bits per heavy atom. The maximum absolute atomic E-state index is 11.8. The standard InChI is InChI=1S/C15H16ClNO2/c1-2-9-19-14-6-4-3-5-12(14)13-8-7-11(10-16)15(18)17-13/h3-8H,2,9-10H2,1H3,(H,17,18). The second-order valence-electron chi connectivity index (χ2n) is 4.20. The molecule has 0 saturated carbocycles. The molecule has 0 saturated heterocycles. The zero-order valence-corrected chi connectivity index (χ0v) is 11.5. The molecule has 2 aromatic rings. The number of halogens is 1. The average Bonchev–Trinajstić information content (AvgIpc) is 2.45. The summed E-state index contributed by atoms with van der Waals surface area (Å²) in [4.78, 5) is 14.6. The molecule has 1 heterocycles. The molecule has 0 radical (unpaired) electrons. The van der Waals surface area contributed by atoms with E-state index in [1.54, 1.807) is 6.07 Å². The number of H-pyrrole nitrogens is 1. The lowest BCUT2D eigenvalue weighted by Gasteiger charge is -2.10. The van der Waals surface area contributed by atoms with Crippen LogP contribution in [0.2, 0.25) is 0 Å². The zero-order chi connectivity index (χ0) is 13.7. The number of aromatic nitrogens is 1. The Bertz CT molecular complexity index is 607. The van der Waals surface area contributed by atoms with Crippen molar-refractivity contribution in [1.29, 1.82) is 0 Å². The van der Waals surface area contributed by atoms with E-state index in [1.165, 1.54) is 0 Å². The molecule has 0 fully saturated rings. The number of pyridine rings is 1. The fourth-order valence-corrected chi connectivity index (χ4v) is 2.00. The molecule has 19 heavy (non-hydrogen) atoms. The van der Waals surface area contributed by atoms with Gasteiger partial charge in [0.1, 0.15) is 5.75 Å². The fourth-order valence-electron chi connectivity index (χ4n) is 1.79. The van der Waals surface area contributed by atoms with Crippen LogP contribution in [-0.4, -0.2) is 11.6 Å². The minimum Gasteiger partial charge on any atom is -0.493 e. The number of para-hydroxylation sites is 1. The molecule has 0 bridgehead atoms. The Hall–Kier alpha value is -1.74. The first-order chi connectivity index (χ1) is 9.26. The van der Waals surface area contributed by atoms with Gasteiger partial charge >= 0.3 is 0 Å². The van der Waals surface area contributed by atoms with Gasteiger partial charge in [0, 0.05) is 11.1 Å². The van der Waals surface area contributed by atoms with Crippen molar-refractivity contribution in [3.8, 4) is 17.0 Å². The highest BCUT2D eigenvalue weighted by Gasteiger charge is 2.07. The van der Waals surface area contributed by atoms with Crippen LogP contribution in [-0.2, 0) is 5.88 Å². The van der Waals surface area contributed by atoms with Crippen molar-refractivity contribution in [3.63, 3.8) is 0 Å². The average molecular weight is 278 g/mol. The van der Waals surface area contributed by atoms with E-state index in [4.69, 9.17) is 16.3 Å². The number of hydrogen-bond donors (Lipinski definition) is 1. The zero-order valence-electron chi connectivity index (χ0n) is 10.8. The van der Waals surface area contributed by atoms with Crippen LogP contribution in [0.15, 0.2) is 41.2 Å². The van der Waals surface area contributed by atoms with Crippen LogP contribution in [0, 0.1) is 0 Å². The molecule has 100 valence electrons. The SMILES string of the molecule is CCCOc1ccccc1-c1ccc(CCl)c(=O)[nH]1. The summed E-state index contributed by atoms with van der Waals surface area (Å²) in [5.74, 6) is 0.988. The third-order valence-corrected chi connectivity index (χ3v) is 3.06. The predicted molar refractivity (Wildman–Crippen MR) is 77.8 cm³/mol. The Morgan fingerprint density at radius 3 is 2.68 bits per heavy atom. The number of alkyl halides is 1. The number of rotatable bonds is 5. The number of ether oxygens (including phenoxy) is 1. The molecule has 0 aliphatic carbocycles. The first kappa shape index (κ1) is 13.7. The van der Waals surface area contributed by atoms with Gasteiger partial charge in [0.05, 0.1) is 18.2 Å². The van der Waals surface area contributed by atoms with Crippen molar-refractivity contribution in [3.05, 3.63) is 52.3 Å². The van der Waals surface area contributed by atoms with E-state index in [9.17, 15) is 4.79 Å². The monoisotopic (exact) mass is 277 g/mol.